The van der Waals surface area contributed by atoms with E-state index in [1.54, 1.807) is 0 Å². The van der Waals surface area contributed by atoms with Gasteiger partial charge in [-0.25, -0.2) is 0 Å². The van der Waals surface area contributed by atoms with Gasteiger partial charge in [0.25, 0.3) is 0 Å². The molecular formula is C30H50B2O7. The second-order valence-electron chi connectivity index (χ2n) is 13.9. The van der Waals surface area contributed by atoms with Crippen LogP contribution in [-0.2, 0) is 39.4 Å². The molecule has 0 unspecified atom stereocenters. The van der Waals surface area contributed by atoms with Crippen LogP contribution in [0.4, 0.5) is 0 Å². The third kappa shape index (κ3) is 7.11. The number of rotatable bonds is 11. The van der Waals surface area contributed by atoms with Gasteiger partial charge in [-0.1, -0.05) is 49.6 Å². The van der Waals surface area contributed by atoms with Gasteiger partial charge in [0.1, 0.15) is 6.10 Å². The van der Waals surface area contributed by atoms with E-state index in [1.165, 1.54) is 0 Å². The first-order valence-corrected chi connectivity index (χ1v) is 14.7. The van der Waals surface area contributed by atoms with Crippen LogP contribution in [-0.4, -0.2) is 61.2 Å². The topological polar surface area (TPSA) is 64.6 Å². The minimum absolute atomic E-state index is 0.0548. The summed E-state index contributed by atoms with van der Waals surface area (Å²) in [5.41, 5.74) is -0.557. The van der Waals surface area contributed by atoms with Gasteiger partial charge in [-0.3, -0.25) is 0 Å². The predicted octanol–water partition coefficient (Wildman–Crippen LogP) is 6.38. The number of hydrogen-bond donors (Lipinski definition) is 0. The molecule has 39 heavy (non-hydrogen) atoms. The predicted molar refractivity (Wildman–Crippen MR) is 154 cm³/mol. The Morgan fingerprint density at radius 3 is 1.69 bits per heavy atom. The molecule has 218 valence electrons. The molecule has 0 saturated carbocycles. The highest BCUT2D eigenvalue weighted by atomic mass is 16.7. The van der Waals surface area contributed by atoms with Crippen molar-refractivity contribution in [2.24, 2.45) is 0 Å². The van der Waals surface area contributed by atoms with Crippen molar-refractivity contribution in [3.8, 4) is 0 Å². The van der Waals surface area contributed by atoms with Crippen molar-refractivity contribution in [3.05, 3.63) is 35.9 Å². The van der Waals surface area contributed by atoms with E-state index in [-0.39, 0.29) is 17.9 Å². The Balaban J connectivity index is 1.40. The van der Waals surface area contributed by atoms with E-state index in [2.05, 4.69) is 67.5 Å². The van der Waals surface area contributed by atoms with Gasteiger partial charge in [0.15, 0.2) is 5.79 Å². The summed E-state index contributed by atoms with van der Waals surface area (Å²) in [6.07, 6.45) is 3.50. The van der Waals surface area contributed by atoms with Crippen molar-refractivity contribution < 1.29 is 32.8 Å². The first-order chi connectivity index (χ1) is 18.0. The lowest BCUT2D eigenvalue weighted by Gasteiger charge is -2.32. The molecule has 0 radical (unpaired) electrons. The Hall–Kier alpha value is -0.930. The van der Waals surface area contributed by atoms with E-state index >= 15 is 0 Å². The fourth-order valence-electron chi connectivity index (χ4n) is 5.31. The van der Waals surface area contributed by atoms with E-state index in [0.717, 1.165) is 31.2 Å². The minimum atomic E-state index is -0.586. The average Bonchev–Trinajstić information content (AvgIpc) is 3.37. The summed E-state index contributed by atoms with van der Waals surface area (Å²) in [7, 11) is -0.801. The van der Waals surface area contributed by atoms with E-state index in [4.69, 9.17) is 32.8 Å². The molecule has 0 amide bonds. The molecule has 3 saturated heterocycles. The molecule has 7 nitrogen and oxygen atoms in total. The molecule has 0 N–H and O–H groups in total. The van der Waals surface area contributed by atoms with Crippen molar-refractivity contribution >= 4 is 14.2 Å². The summed E-state index contributed by atoms with van der Waals surface area (Å²) < 4.78 is 44.5. The molecule has 3 aliphatic rings. The SMILES string of the molecule is CC1(C)OC[C@H]([C@@H](CCCCC(B2OC(C)(C)C(C)(C)O2)B2OC(C)(C)C(C)(C)O2)OCc2ccccc2)O1. The summed E-state index contributed by atoms with van der Waals surface area (Å²) in [6, 6.07) is 10.3. The zero-order valence-corrected chi connectivity index (χ0v) is 25.9. The monoisotopic (exact) mass is 544 g/mol. The Bertz CT molecular complexity index is 882. The highest BCUT2D eigenvalue weighted by Gasteiger charge is 2.61. The lowest BCUT2D eigenvalue weighted by atomic mass is 9.50. The summed E-state index contributed by atoms with van der Waals surface area (Å²) in [5.74, 6) is -0.586. The second-order valence-corrected chi connectivity index (χ2v) is 13.9. The Morgan fingerprint density at radius 1 is 0.744 bits per heavy atom. The number of ether oxygens (including phenoxy) is 3. The first-order valence-electron chi connectivity index (χ1n) is 14.7. The van der Waals surface area contributed by atoms with E-state index in [9.17, 15) is 0 Å². The molecule has 3 heterocycles. The van der Waals surface area contributed by atoms with Crippen LogP contribution >= 0.6 is 0 Å². The highest BCUT2D eigenvalue weighted by molar-refractivity contribution is 6.68. The summed E-state index contributed by atoms with van der Waals surface area (Å²) in [4.78, 5) is 0. The van der Waals surface area contributed by atoms with Gasteiger partial charge in [0.2, 0.25) is 0 Å². The Labute approximate surface area is 237 Å². The molecular weight excluding hydrogens is 494 g/mol. The van der Waals surface area contributed by atoms with Crippen LogP contribution in [0.5, 0.6) is 0 Å². The molecule has 1 aromatic carbocycles. The molecule has 0 bridgehead atoms. The minimum Gasteiger partial charge on any atom is -0.403 e. The maximum Gasteiger partial charge on any atom is 0.458 e. The third-order valence-corrected chi connectivity index (χ3v) is 9.27. The Kier molecular flexibility index (Phi) is 9.06. The van der Waals surface area contributed by atoms with Crippen LogP contribution in [0.1, 0.15) is 100 Å². The lowest BCUT2D eigenvalue weighted by molar-refractivity contribution is -0.158. The van der Waals surface area contributed by atoms with Gasteiger partial charge in [-0.15, -0.1) is 0 Å². The van der Waals surface area contributed by atoms with Gasteiger partial charge in [0.05, 0.1) is 41.7 Å². The maximum atomic E-state index is 6.50. The number of benzene rings is 1. The van der Waals surface area contributed by atoms with E-state index < -0.39 is 42.4 Å². The summed E-state index contributed by atoms with van der Waals surface area (Å²) in [6.45, 7) is 21.7. The van der Waals surface area contributed by atoms with Crippen LogP contribution in [0.15, 0.2) is 30.3 Å². The summed E-state index contributed by atoms with van der Waals surface area (Å²) in [5, 5.41) is 0. The molecule has 0 aliphatic carbocycles. The zero-order chi connectivity index (χ0) is 28.7. The van der Waals surface area contributed by atoms with Gasteiger partial charge < -0.3 is 32.8 Å². The molecule has 9 heteroatoms. The van der Waals surface area contributed by atoms with Crippen LogP contribution in [0.3, 0.4) is 0 Å². The molecule has 3 aliphatic heterocycles. The normalized spacial score (nSPS) is 27.4. The van der Waals surface area contributed by atoms with Crippen molar-refractivity contribution in [1.29, 1.82) is 0 Å². The fourth-order valence-corrected chi connectivity index (χ4v) is 5.31. The Morgan fingerprint density at radius 2 is 1.23 bits per heavy atom. The quantitative estimate of drug-likeness (QED) is 0.237. The standard InChI is InChI=1S/C30H50B2O7/c1-26(2)27(3,4)37-31(36-26)25(32-38-28(5,6)29(7,8)39-32)19-15-14-18-23(24-21-34-30(9,10)35-24)33-20-22-16-12-11-13-17-22/h11-13,16-17,23-25H,14-15,18-21H2,1-10H3/t23-,24-/m1/s1. The first kappa shape index (κ1) is 31.0. The average molecular weight is 544 g/mol. The fraction of sp³-hybridized carbons (Fsp3) is 0.800. The van der Waals surface area contributed by atoms with Gasteiger partial charge in [-0.05, 0) is 81.2 Å². The number of hydrogen-bond acceptors (Lipinski definition) is 7. The maximum absolute atomic E-state index is 6.50. The van der Waals surface area contributed by atoms with Crippen LogP contribution in [0.25, 0.3) is 0 Å². The zero-order valence-electron chi connectivity index (χ0n) is 25.9. The van der Waals surface area contributed by atoms with Crippen molar-refractivity contribution in [1.82, 2.24) is 0 Å². The van der Waals surface area contributed by atoms with Crippen molar-refractivity contribution in [2.75, 3.05) is 6.61 Å². The highest BCUT2D eigenvalue weighted by Crippen LogP contribution is 2.47. The number of unbranched alkanes of at least 4 members (excludes halogenated alkanes) is 1. The van der Waals surface area contributed by atoms with Gasteiger partial charge in [-0.2, -0.15) is 0 Å². The molecule has 1 aromatic rings. The van der Waals surface area contributed by atoms with Gasteiger partial charge >= 0.3 is 14.2 Å². The van der Waals surface area contributed by atoms with Crippen LogP contribution < -0.4 is 0 Å². The second kappa shape index (κ2) is 11.4. The molecule has 0 aromatic heterocycles. The largest absolute Gasteiger partial charge is 0.458 e. The summed E-state index contributed by atoms with van der Waals surface area (Å²) >= 11 is 0. The van der Waals surface area contributed by atoms with Crippen LogP contribution in [0, 0.1) is 0 Å². The third-order valence-electron chi connectivity index (χ3n) is 9.27. The molecule has 3 fully saturated rings. The van der Waals surface area contributed by atoms with Gasteiger partial charge in [0, 0.05) is 5.72 Å². The molecule has 4 rings (SSSR count). The smallest absolute Gasteiger partial charge is 0.403 e. The van der Waals surface area contributed by atoms with Crippen LogP contribution in [0.2, 0.25) is 5.72 Å². The molecule has 0 spiro atoms. The van der Waals surface area contributed by atoms with Crippen molar-refractivity contribution in [2.45, 2.75) is 148 Å². The van der Waals surface area contributed by atoms with E-state index in [0.29, 0.717) is 13.2 Å². The molecule has 2 atom stereocenters. The van der Waals surface area contributed by atoms with Crippen molar-refractivity contribution in [3.63, 3.8) is 0 Å². The van der Waals surface area contributed by atoms with E-state index in [1.807, 2.05) is 32.0 Å². The lowest BCUT2D eigenvalue weighted by Crippen LogP contribution is -2.41.